The molecule has 2 atom stereocenters. The maximum absolute atomic E-state index is 13.5. The van der Waals surface area contributed by atoms with Crippen molar-refractivity contribution in [3.05, 3.63) is 120 Å². The van der Waals surface area contributed by atoms with Crippen LogP contribution in [-0.4, -0.2) is 40.9 Å². The Morgan fingerprint density at radius 3 is 2.14 bits per heavy atom. The largest absolute Gasteiger partial charge is 0.481 e. The molecule has 4 aromatic carbocycles. The molecule has 0 aliphatic rings. The molecule has 0 aliphatic heterocycles. The average Bonchev–Trinajstić information content (AvgIpc) is 2.99. The highest BCUT2D eigenvalue weighted by atomic mass is 19.1. The van der Waals surface area contributed by atoms with Crippen LogP contribution in [0.2, 0.25) is 0 Å². The lowest BCUT2D eigenvalue weighted by Gasteiger charge is -2.23. The summed E-state index contributed by atoms with van der Waals surface area (Å²) in [6.07, 6.45) is -0.172. The second-order valence-electron chi connectivity index (χ2n) is 9.95. The third kappa shape index (κ3) is 8.72. The summed E-state index contributed by atoms with van der Waals surface area (Å²) >= 11 is 0. The molecule has 1 unspecified atom stereocenters. The zero-order chi connectivity index (χ0) is 29.9. The number of benzene rings is 4. The first kappa shape index (κ1) is 29.9. The van der Waals surface area contributed by atoms with Gasteiger partial charge in [-0.15, -0.1) is 0 Å². The van der Waals surface area contributed by atoms with Gasteiger partial charge < -0.3 is 21.1 Å². The number of aryl methyl sites for hydroxylation is 1. The topological polar surface area (TPSA) is 125 Å². The lowest BCUT2D eigenvalue weighted by Crippen LogP contribution is -2.55. The Morgan fingerprint density at radius 2 is 1.40 bits per heavy atom. The van der Waals surface area contributed by atoms with Crippen LogP contribution >= 0.6 is 0 Å². The summed E-state index contributed by atoms with van der Waals surface area (Å²) in [6.45, 7) is 0.185. The van der Waals surface area contributed by atoms with Gasteiger partial charge in [-0.1, -0.05) is 84.9 Å². The van der Waals surface area contributed by atoms with Gasteiger partial charge in [-0.3, -0.25) is 19.2 Å². The Hall–Kier alpha value is -5.05. The van der Waals surface area contributed by atoms with Crippen molar-refractivity contribution in [1.29, 1.82) is 0 Å². The van der Waals surface area contributed by atoms with Gasteiger partial charge in [-0.25, -0.2) is 4.39 Å². The van der Waals surface area contributed by atoms with Crippen molar-refractivity contribution < 1.29 is 28.7 Å². The molecule has 0 saturated heterocycles. The number of hydrogen-bond donors (Lipinski definition) is 4. The molecule has 0 radical (unpaired) electrons. The molecule has 0 aromatic heterocycles. The fraction of sp³-hybridized carbons (Fsp3) is 0.212. The number of halogens is 1. The van der Waals surface area contributed by atoms with E-state index in [0.29, 0.717) is 12.0 Å². The first-order valence-corrected chi connectivity index (χ1v) is 13.6. The second-order valence-corrected chi connectivity index (χ2v) is 9.95. The van der Waals surface area contributed by atoms with Crippen LogP contribution in [-0.2, 0) is 38.6 Å². The van der Waals surface area contributed by atoms with Crippen LogP contribution < -0.4 is 16.0 Å². The number of carboxylic acids is 1. The molecule has 9 heteroatoms. The number of amides is 3. The third-order valence-corrected chi connectivity index (χ3v) is 6.83. The fourth-order valence-corrected chi connectivity index (χ4v) is 4.64. The van der Waals surface area contributed by atoms with Crippen molar-refractivity contribution >= 4 is 34.5 Å². The van der Waals surface area contributed by atoms with E-state index in [-0.39, 0.29) is 19.4 Å². The number of hydrogen-bond acceptors (Lipinski definition) is 4. The van der Waals surface area contributed by atoms with E-state index in [1.54, 1.807) is 0 Å². The number of carboxylic acid groups (broad SMARTS) is 1. The molecule has 8 nitrogen and oxygen atoms in total. The molecule has 216 valence electrons. The van der Waals surface area contributed by atoms with Gasteiger partial charge in [0.2, 0.25) is 17.7 Å². The minimum Gasteiger partial charge on any atom is -0.481 e. The van der Waals surface area contributed by atoms with Crippen molar-refractivity contribution in [2.45, 2.75) is 44.3 Å². The molecule has 4 rings (SSSR count). The van der Waals surface area contributed by atoms with Crippen molar-refractivity contribution in [3.63, 3.8) is 0 Å². The van der Waals surface area contributed by atoms with E-state index in [9.17, 15) is 28.7 Å². The Morgan fingerprint density at radius 1 is 0.714 bits per heavy atom. The molecule has 3 amide bonds. The van der Waals surface area contributed by atoms with Crippen LogP contribution in [0.25, 0.3) is 10.8 Å². The van der Waals surface area contributed by atoms with Crippen molar-refractivity contribution in [1.82, 2.24) is 16.0 Å². The molecule has 0 spiro atoms. The monoisotopic (exact) mass is 569 g/mol. The molecule has 0 fully saturated rings. The molecule has 0 bridgehead atoms. The number of carbonyl (C=O) groups excluding carboxylic acids is 3. The minimum absolute atomic E-state index is 0.0230. The summed E-state index contributed by atoms with van der Waals surface area (Å²) in [5.41, 5.74) is 2.39. The predicted octanol–water partition coefficient (Wildman–Crippen LogP) is 3.91. The van der Waals surface area contributed by atoms with Gasteiger partial charge >= 0.3 is 5.97 Å². The van der Waals surface area contributed by atoms with E-state index in [1.165, 1.54) is 24.3 Å². The Bertz CT molecular complexity index is 1540. The fourth-order valence-electron chi connectivity index (χ4n) is 4.64. The Balaban J connectivity index is 1.47. The molecule has 0 heterocycles. The standard InChI is InChI=1S/C33H32FN3O5/c34-26-16-13-23(14-17-26)19-28(32(41)35-21-25-11-6-10-24-9-4-5-12-27(24)25)37-33(42)29(20-31(39)40)36-30(38)18-15-22-7-2-1-3-8-22/h1-14,16-17,28-29H,15,18-21H2,(H,35,41)(H,36,38)(H,37,42)(H,39,40)/t28?,29-/m0/s1. The van der Waals surface area contributed by atoms with E-state index >= 15 is 0 Å². The molecular formula is C33H32FN3O5. The summed E-state index contributed by atoms with van der Waals surface area (Å²) in [5, 5.41) is 19.4. The first-order valence-electron chi connectivity index (χ1n) is 13.6. The van der Waals surface area contributed by atoms with Crippen LogP contribution in [0.15, 0.2) is 97.1 Å². The first-order chi connectivity index (χ1) is 20.3. The van der Waals surface area contributed by atoms with E-state index in [1.807, 2.05) is 72.8 Å². The summed E-state index contributed by atoms with van der Waals surface area (Å²) in [7, 11) is 0. The van der Waals surface area contributed by atoms with Crippen LogP contribution in [0, 0.1) is 5.82 Å². The number of fused-ring (bicyclic) bond motifs is 1. The lowest BCUT2D eigenvalue weighted by atomic mass is 10.0. The van der Waals surface area contributed by atoms with Gasteiger partial charge in [0.1, 0.15) is 17.9 Å². The number of aliphatic carboxylic acids is 1. The van der Waals surface area contributed by atoms with Gasteiger partial charge in [0, 0.05) is 19.4 Å². The maximum atomic E-state index is 13.5. The number of carbonyl (C=O) groups is 4. The minimum atomic E-state index is -1.40. The average molecular weight is 570 g/mol. The lowest BCUT2D eigenvalue weighted by molar-refractivity contribution is -0.141. The van der Waals surface area contributed by atoms with Crippen LogP contribution in [0.5, 0.6) is 0 Å². The highest BCUT2D eigenvalue weighted by Crippen LogP contribution is 2.18. The van der Waals surface area contributed by atoms with Crippen LogP contribution in [0.3, 0.4) is 0 Å². The van der Waals surface area contributed by atoms with Gasteiger partial charge in [0.15, 0.2) is 0 Å². The van der Waals surface area contributed by atoms with Crippen LogP contribution in [0.1, 0.15) is 29.5 Å². The summed E-state index contributed by atoms with van der Waals surface area (Å²) in [5.74, 6) is -3.54. The van der Waals surface area contributed by atoms with Crippen molar-refractivity contribution in [2.75, 3.05) is 0 Å². The van der Waals surface area contributed by atoms with E-state index in [2.05, 4.69) is 16.0 Å². The third-order valence-electron chi connectivity index (χ3n) is 6.83. The van der Waals surface area contributed by atoms with Crippen molar-refractivity contribution in [2.24, 2.45) is 0 Å². The summed E-state index contributed by atoms with van der Waals surface area (Å²) in [4.78, 5) is 50.8. The molecular weight excluding hydrogens is 537 g/mol. The summed E-state index contributed by atoms with van der Waals surface area (Å²) < 4.78 is 13.5. The maximum Gasteiger partial charge on any atom is 0.305 e. The SMILES string of the molecule is O=C(O)C[C@H](NC(=O)CCc1ccccc1)C(=O)NC(Cc1ccc(F)cc1)C(=O)NCc1cccc2ccccc12. The normalized spacial score (nSPS) is 12.2. The van der Waals surface area contributed by atoms with E-state index in [4.69, 9.17) is 0 Å². The van der Waals surface area contributed by atoms with E-state index < -0.39 is 48.0 Å². The van der Waals surface area contributed by atoms with Gasteiger partial charge in [-0.05, 0) is 46.0 Å². The zero-order valence-electron chi connectivity index (χ0n) is 22.9. The Labute approximate surface area is 242 Å². The molecule has 0 saturated carbocycles. The van der Waals surface area contributed by atoms with E-state index in [0.717, 1.165) is 21.9 Å². The molecule has 4 N–H and O–H groups in total. The van der Waals surface area contributed by atoms with Crippen LogP contribution in [0.4, 0.5) is 4.39 Å². The second kappa shape index (κ2) is 14.5. The van der Waals surface area contributed by atoms with Gasteiger partial charge in [0.25, 0.3) is 0 Å². The quantitative estimate of drug-likeness (QED) is 0.194. The summed E-state index contributed by atoms with van der Waals surface area (Å²) in [6, 6.07) is 25.8. The highest BCUT2D eigenvalue weighted by Gasteiger charge is 2.28. The predicted molar refractivity (Wildman–Crippen MR) is 157 cm³/mol. The molecule has 42 heavy (non-hydrogen) atoms. The number of rotatable bonds is 13. The zero-order valence-corrected chi connectivity index (χ0v) is 22.9. The van der Waals surface area contributed by atoms with Crippen molar-refractivity contribution in [3.8, 4) is 0 Å². The van der Waals surface area contributed by atoms with Gasteiger partial charge in [-0.2, -0.15) is 0 Å². The van der Waals surface area contributed by atoms with Gasteiger partial charge in [0.05, 0.1) is 6.42 Å². The smallest absolute Gasteiger partial charge is 0.305 e. The number of nitrogens with one attached hydrogen (secondary N) is 3. The molecule has 4 aromatic rings. The highest BCUT2D eigenvalue weighted by molar-refractivity contribution is 5.94. The molecule has 0 aliphatic carbocycles. The Kier molecular flexibility index (Phi) is 10.4.